The number of carbonyl (C=O) groups is 1. The van der Waals surface area contributed by atoms with Crippen molar-refractivity contribution in [1.82, 2.24) is 9.88 Å². The fourth-order valence-corrected chi connectivity index (χ4v) is 1.68. The van der Waals surface area contributed by atoms with Crippen molar-refractivity contribution in [2.45, 2.75) is 20.3 Å². The summed E-state index contributed by atoms with van der Waals surface area (Å²) in [7, 11) is 0. The van der Waals surface area contributed by atoms with Gasteiger partial charge in [-0.1, -0.05) is 6.92 Å². The first kappa shape index (κ1) is 10.2. The second-order valence-corrected chi connectivity index (χ2v) is 3.48. The molecule has 0 bridgehead atoms. The number of nitrogens with zero attached hydrogens (tertiary/aromatic N) is 2. The van der Waals surface area contributed by atoms with Crippen molar-refractivity contribution in [3.63, 3.8) is 0 Å². The molecule has 0 aromatic carbocycles. The van der Waals surface area contributed by atoms with Gasteiger partial charge in [0.15, 0.2) is 0 Å². The Labute approximate surface area is 82.4 Å². The quantitative estimate of drug-likeness (QED) is 0.741. The van der Waals surface area contributed by atoms with Crippen LogP contribution >= 0.6 is 11.3 Å². The minimum absolute atomic E-state index is 0.0469. The van der Waals surface area contributed by atoms with Gasteiger partial charge >= 0.3 is 0 Å². The van der Waals surface area contributed by atoms with E-state index in [2.05, 4.69) is 11.9 Å². The van der Waals surface area contributed by atoms with E-state index in [-0.39, 0.29) is 5.91 Å². The van der Waals surface area contributed by atoms with Crippen LogP contribution in [-0.2, 0) is 0 Å². The molecule has 0 aliphatic heterocycles. The van der Waals surface area contributed by atoms with Crippen LogP contribution in [0.15, 0.2) is 10.9 Å². The number of hydrogen-bond acceptors (Lipinski definition) is 3. The third-order valence-electron chi connectivity index (χ3n) is 1.81. The summed E-state index contributed by atoms with van der Waals surface area (Å²) in [5.74, 6) is 0.0469. The van der Waals surface area contributed by atoms with Crippen LogP contribution in [0.5, 0.6) is 0 Å². The smallest absolute Gasteiger partial charge is 0.273 e. The van der Waals surface area contributed by atoms with Gasteiger partial charge in [0.05, 0.1) is 5.51 Å². The topological polar surface area (TPSA) is 33.2 Å². The van der Waals surface area contributed by atoms with E-state index in [0.717, 1.165) is 19.5 Å². The van der Waals surface area contributed by atoms with Gasteiger partial charge in [0.2, 0.25) is 0 Å². The molecule has 3 nitrogen and oxygen atoms in total. The third kappa shape index (κ3) is 2.52. The zero-order chi connectivity index (χ0) is 9.68. The average molecular weight is 198 g/mol. The van der Waals surface area contributed by atoms with Crippen LogP contribution in [0.2, 0.25) is 0 Å². The molecule has 0 radical (unpaired) electrons. The predicted octanol–water partition coefficient (Wildman–Crippen LogP) is 2.02. The second kappa shape index (κ2) is 4.97. The van der Waals surface area contributed by atoms with Crippen LogP contribution in [-0.4, -0.2) is 28.9 Å². The number of carbonyl (C=O) groups excluding carboxylic acids is 1. The summed E-state index contributed by atoms with van der Waals surface area (Å²) in [6, 6.07) is 0. The van der Waals surface area contributed by atoms with E-state index in [9.17, 15) is 4.79 Å². The number of hydrogen-bond donors (Lipinski definition) is 0. The fourth-order valence-electron chi connectivity index (χ4n) is 1.15. The van der Waals surface area contributed by atoms with Gasteiger partial charge in [-0.25, -0.2) is 4.98 Å². The molecule has 4 heteroatoms. The van der Waals surface area contributed by atoms with Crippen LogP contribution in [0.25, 0.3) is 0 Å². The Hall–Kier alpha value is -0.900. The van der Waals surface area contributed by atoms with E-state index in [0.29, 0.717) is 5.69 Å². The molecule has 0 aliphatic rings. The number of aromatic nitrogens is 1. The number of thiazole rings is 1. The Bertz CT molecular complexity index is 259. The molecule has 1 rings (SSSR count). The molecule has 0 spiro atoms. The van der Waals surface area contributed by atoms with Crippen molar-refractivity contribution in [2.24, 2.45) is 0 Å². The molecule has 0 saturated heterocycles. The van der Waals surface area contributed by atoms with Gasteiger partial charge in [-0.3, -0.25) is 4.79 Å². The van der Waals surface area contributed by atoms with E-state index >= 15 is 0 Å². The van der Waals surface area contributed by atoms with Gasteiger partial charge in [-0.15, -0.1) is 11.3 Å². The molecule has 1 aromatic rings. The molecule has 1 amide bonds. The van der Waals surface area contributed by atoms with E-state index < -0.39 is 0 Å². The van der Waals surface area contributed by atoms with Gasteiger partial charge in [0, 0.05) is 18.5 Å². The van der Waals surface area contributed by atoms with Crippen LogP contribution < -0.4 is 0 Å². The van der Waals surface area contributed by atoms with Gasteiger partial charge in [-0.05, 0) is 13.3 Å². The molecule has 72 valence electrons. The molecule has 0 saturated carbocycles. The van der Waals surface area contributed by atoms with Crippen molar-refractivity contribution >= 4 is 17.2 Å². The Kier molecular flexibility index (Phi) is 3.89. The lowest BCUT2D eigenvalue weighted by atomic mass is 10.3. The zero-order valence-corrected chi connectivity index (χ0v) is 8.80. The lowest BCUT2D eigenvalue weighted by molar-refractivity contribution is 0.0759. The van der Waals surface area contributed by atoms with E-state index in [1.54, 1.807) is 10.9 Å². The second-order valence-electron chi connectivity index (χ2n) is 2.76. The first-order chi connectivity index (χ1) is 6.29. The van der Waals surface area contributed by atoms with Crippen molar-refractivity contribution in [1.29, 1.82) is 0 Å². The zero-order valence-electron chi connectivity index (χ0n) is 7.99. The summed E-state index contributed by atoms with van der Waals surface area (Å²) in [5, 5.41) is 1.79. The molecular formula is C9H14N2OS. The maximum absolute atomic E-state index is 11.7. The van der Waals surface area contributed by atoms with Crippen LogP contribution in [0.3, 0.4) is 0 Å². The Morgan fingerprint density at radius 3 is 2.85 bits per heavy atom. The maximum atomic E-state index is 11.7. The molecule has 1 heterocycles. The summed E-state index contributed by atoms with van der Waals surface area (Å²) in [4.78, 5) is 17.5. The highest BCUT2D eigenvalue weighted by atomic mass is 32.1. The van der Waals surface area contributed by atoms with Crippen LogP contribution in [0, 0.1) is 0 Å². The summed E-state index contributed by atoms with van der Waals surface area (Å²) < 4.78 is 0. The maximum Gasteiger partial charge on any atom is 0.273 e. The summed E-state index contributed by atoms with van der Waals surface area (Å²) in [5.41, 5.74) is 2.26. The fraction of sp³-hybridized carbons (Fsp3) is 0.556. The van der Waals surface area contributed by atoms with Crippen molar-refractivity contribution in [2.75, 3.05) is 13.1 Å². The van der Waals surface area contributed by atoms with E-state index in [4.69, 9.17) is 0 Å². The highest BCUT2D eigenvalue weighted by Crippen LogP contribution is 2.05. The minimum Gasteiger partial charge on any atom is -0.338 e. The van der Waals surface area contributed by atoms with E-state index in [1.165, 1.54) is 11.3 Å². The van der Waals surface area contributed by atoms with Crippen molar-refractivity contribution in [3.8, 4) is 0 Å². The first-order valence-electron chi connectivity index (χ1n) is 4.47. The lowest BCUT2D eigenvalue weighted by Gasteiger charge is -2.18. The minimum atomic E-state index is 0.0469. The first-order valence-corrected chi connectivity index (χ1v) is 5.41. The van der Waals surface area contributed by atoms with Gasteiger partial charge in [0.25, 0.3) is 5.91 Å². The number of rotatable bonds is 4. The molecule has 0 atom stereocenters. The van der Waals surface area contributed by atoms with E-state index in [1.807, 2.05) is 11.8 Å². The summed E-state index contributed by atoms with van der Waals surface area (Å²) in [6.45, 7) is 5.62. The third-order valence-corrected chi connectivity index (χ3v) is 2.40. The average Bonchev–Trinajstić information content (AvgIpc) is 2.65. The highest BCUT2D eigenvalue weighted by molar-refractivity contribution is 7.07. The summed E-state index contributed by atoms with van der Waals surface area (Å²) >= 11 is 1.46. The highest BCUT2D eigenvalue weighted by Gasteiger charge is 2.14. The molecule has 0 N–H and O–H groups in total. The van der Waals surface area contributed by atoms with Gasteiger partial charge in [-0.2, -0.15) is 0 Å². The number of amides is 1. The lowest BCUT2D eigenvalue weighted by Crippen LogP contribution is -2.31. The van der Waals surface area contributed by atoms with Crippen molar-refractivity contribution in [3.05, 3.63) is 16.6 Å². The molecular weight excluding hydrogens is 184 g/mol. The Balaban J connectivity index is 2.65. The molecule has 0 unspecified atom stereocenters. The standard InChI is InChI=1S/C9H14N2OS/c1-3-5-11(4-2)9(12)8-6-13-7-10-8/h6-7H,3-5H2,1-2H3. The summed E-state index contributed by atoms with van der Waals surface area (Å²) in [6.07, 6.45) is 0.990. The van der Waals surface area contributed by atoms with Gasteiger partial charge in [0.1, 0.15) is 5.69 Å². The SMILES string of the molecule is CCCN(CC)C(=O)c1cscn1. The molecule has 1 aromatic heterocycles. The monoisotopic (exact) mass is 198 g/mol. The van der Waals surface area contributed by atoms with Gasteiger partial charge < -0.3 is 4.90 Å². The van der Waals surface area contributed by atoms with Crippen molar-refractivity contribution < 1.29 is 4.79 Å². The predicted molar refractivity (Wildman–Crippen MR) is 54.0 cm³/mol. The van der Waals surface area contributed by atoms with Crippen LogP contribution in [0.4, 0.5) is 0 Å². The molecule has 13 heavy (non-hydrogen) atoms. The Morgan fingerprint density at radius 2 is 2.38 bits per heavy atom. The normalized spacial score (nSPS) is 10.0. The Morgan fingerprint density at radius 1 is 1.62 bits per heavy atom. The molecule has 0 fully saturated rings. The largest absolute Gasteiger partial charge is 0.338 e. The molecule has 0 aliphatic carbocycles. The van der Waals surface area contributed by atoms with Crippen LogP contribution in [0.1, 0.15) is 30.8 Å².